The fourth-order valence-electron chi connectivity index (χ4n) is 11.2. The molecule has 0 bridgehead atoms. The summed E-state index contributed by atoms with van der Waals surface area (Å²) in [6, 6.07) is 50.4. The van der Waals surface area contributed by atoms with Gasteiger partial charge in [0.2, 0.25) is 0 Å². The lowest BCUT2D eigenvalue weighted by Crippen LogP contribution is -2.47. The number of allylic oxidation sites excluding steroid dienone is 5. The minimum Gasteiger partial charge on any atom is -0.330 e. The number of benzene rings is 6. The van der Waals surface area contributed by atoms with E-state index in [1.165, 1.54) is 72.7 Å². The first-order valence-electron chi connectivity index (χ1n) is 20.7. The highest BCUT2D eigenvalue weighted by Crippen LogP contribution is 2.62. The van der Waals surface area contributed by atoms with Crippen LogP contribution in [0.25, 0.3) is 17.2 Å². The SMILES string of the molecule is Cc1ccc(N(c2ccc(C)cc2)c2ccc3c4c2C=CC2=CC(C)C5=C(C24)C(C=CC5(C)c2ccccc2)N3c2ccc3c(c2)C(C)(C)c2ccccc2-3)cc1. The van der Waals surface area contributed by atoms with E-state index < -0.39 is 0 Å². The number of aryl methyl sites for hydroxylation is 2. The predicted molar refractivity (Wildman–Crippen MR) is 240 cm³/mol. The van der Waals surface area contributed by atoms with E-state index in [2.05, 4.69) is 215 Å². The summed E-state index contributed by atoms with van der Waals surface area (Å²) >= 11 is 0. The Hall–Kier alpha value is -6.12. The summed E-state index contributed by atoms with van der Waals surface area (Å²) < 4.78 is 0. The Morgan fingerprint density at radius 2 is 1.32 bits per heavy atom. The molecule has 0 N–H and O–H groups in total. The largest absolute Gasteiger partial charge is 0.330 e. The minimum atomic E-state index is -0.228. The summed E-state index contributed by atoms with van der Waals surface area (Å²) in [5, 5.41) is 0. The van der Waals surface area contributed by atoms with Crippen LogP contribution >= 0.6 is 0 Å². The van der Waals surface area contributed by atoms with E-state index in [0.29, 0.717) is 0 Å². The van der Waals surface area contributed by atoms with Crippen LogP contribution in [-0.4, -0.2) is 6.04 Å². The number of anilines is 5. The van der Waals surface area contributed by atoms with Crippen molar-refractivity contribution in [3.05, 3.63) is 213 Å². The van der Waals surface area contributed by atoms with Gasteiger partial charge < -0.3 is 9.80 Å². The van der Waals surface area contributed by atoms with Crippen molar-refractivity contribution in [2.24, 2.45) is 5.92 Å². The third-order valence-corrected chi connectivity index (χ3v) is 13.9. The number of fused-ring (bicyclic) bond motifs is 3. The van der Waals surface area contributed by atoms with E-state index in [1.54, 1.807) is 11.1 Å². The maximum Gasteiger partial charge on any atom is 0.0748 e. The molecule has 11 rings (SSSR count). The zero-order valence-electron chi connectivity index (χ0n) is 33.7. The Morgan fingerprint density at radius 1 is 0.649 bits per heavy atom. The molecule has 278 valence electrons. The fraction of sp³-hybridized carbons (Fsp3) is 0.200. The molecule has 1 heterocycles. The van der Waals surface area contributed by atoms with E-state index in [9.17, 15) is 0 Å². The normalized spacial score (nSPS) is 22.8. The average Bonchev–Trinajstić information content (AvgIpc) is 3.46. The van der Waals surface area contributed by atoms with Gasteiger partial charge in [0.25, 0.3) is 0 Å². The predicted octanol–water partition coefficient (Wildman–Crippen LogP) is 14.1. The number of hydrogen-bond donors (Lipinski definition) is 0. The van der Waals surface area contributed by atoms with Crippen LogP contribution < -0.4 is 9.80 Å². The highest BCUT2D eigenvalue weighted by atomic mass is 15.2. The van der Waals surface area contributed by atoms with E-state index in [0.717, 1.165) is 11.4 Å². The monoisotopic (exact) mass is 736 g/mol. The Kier molecular flexibility index (Phi) is 7.30. The lowest BCUT2D eigenvalue weighted by Gasteiger charge is -2.53. The molecule has 6 aromatic rings. The summed E-state index contributed by atoms with van der Waals surface area (Å²) in [5.74, 6) is 0.445. The Morgan fingerprint density at radius 3 is 2.04 bits per heavy atom. The van der Waals surface area contributed by atoms with Crippen molar-refractivity contribution in [2.75, 3.05) is 9.80 Å². The standard InChI is InChI=1S/C55H48N2/c1-34-16-21-39(22-17-34)56(40-23-18-35(2)19-24-40)47-28-29-48-51-44(47)26-20-37-32-36(3)53-52(50(37)51)49(30-31-55(53,6)38-12-8-7-9-13-38)57(48)41-25-27-43-42-14-10-11-15-45(42)54(4,5)46(43)33-41/h7-33,36,49-50H,1-6H3. The topological polar surface area (TPSA) is 6.48 Å². The third-order valence-electron chi connectivity index (χ3n) is 13.9. The highest BCUT2D eigenvalue weighted by Gasteiger charge is 2.50. The molecule has 0 spiro atoms. The fourth-order valence-corrected chi connectivity index (χ4v) is 11.2. The van der Waals surface area contributed by atoms with Crippen LogP contribution in [0.2, 0.25) is 0 Å². The Bertz CT molecular complexity index is 2710. The second-order valence-corrected chi connectivity index (χ2v) is 17.7. The molecule has 1 aliphatic heterocycles. The van der Waals surface area contributed by atoms with Gasteiger partial charge in [0.05, 0.1) is 11.7 Å². The summed E-state index contributed by atoms with van der Waals surface area (Å²) in [7, 11) is 0. The molecule has 4 atom stereocenters. The van der Waals surface area contributed by atoms with Crippen molar-refractivity contribution in [2.45, 2.75) is 64.3 Å². The molecule has 6 aromatic carbocycles. The van der Waals surface area contributed by atoms with Crippen molar-refractivity contribution < 1.29 is 0 Å². The summed E-state index contributed by atoms with van der Waals surface area (Å²) in [6.07, 6.45) is 12.5. The van der Waals surface area contributed by atoms with Crippen molar-refractivity contribution >= 4 is 34.5 Å². The minimum absolute atomic E-state index is 0.0841. The van der Waals surface area contributed by atoms with Gasteiger partial charge in [0, 0.05) is 45.1 Å². The van der Waals surface area contributed by atoms with Crippen LogP contribution in [0.1, 0.15) is 72.6 Å². The lowest BCUT2D eigenvalue weighted by molar-refractivity contribution is 0.544. The van der Waals surface area contributed by atoms with Gasteiger partial charge >= 0.3 is 0 Å². The molecule has 0 radical (unpaired) electrons. The molecule has 2 heteroatoms. The van der Waals surface area contributed by atoms with Gasteiger partial charge in [-0.1, -0.05) is 147 Å². The van der Waals surface area contributed by atoms with Crippen LogP contribution in [-0.2, 0) is 10.8 Å². The molecule has 0 fully saturated rings. The van der Waals surface area contributed by atoms with Gasteiger partial charge in [-0.15, -0.1) is 0 Å². The molecule has 0 aromatic heterocycles. The van der Waals surface area contributed by atoms with Crippen LogP contribution in [0.15, 0.2) is 174 Å². The lowest BCUT2D eigenvalue weighted by atomic mass is 9.57. The van der Waals surface area contributed by atoms with Crippen LogP contribution in [0.4, 0.5) is 28.4 Å². The molecule has 0 saturated carbocycles. The van der Waals surface area contributed by atoms with Crippen LogP contribution in [0.3, 0.4) is 0 Å². The highest BCUT2D eigenvalue weighted by molar-refractivity contribution is 5.93. The van der Waals surface area contributed by atoms with Crippen molar-refractivity contribution in [1.82, 2.24) is 0 Å². The number of hydrogen-bond acceptors (Lipinski definition) is 2. The molecule has 4 aliphatic carbocycles. The molecule has 4 unspecified atom stereocenters. The first kappa shape index (κ1) is 34.2. The first-order chi connectivity index (χ1) is 27.6. The van der Waals surface area contributed by atoms with Crippen molar-refractivity contribution in [3.8, 4) is 11.1 Å². The van der Waals surface area contributed by atoms with Gasteiger partial charge in [0.15, 0.2) is 0 Å². The molecule has 57 heavy (non-hydrogen) atoms. The van der Waals surface area contributed by atoms with Gasteiger partial charge in [-0.3, -0.25) is 0 Å². The molecular formula is C55H48N2. The van der Waals surface area contributed by atoms with Crippen molar-refractivity contribution in [3.63, 3.8) is 0 Å². The Balaban J connectivity index is 1.19. The first-order valence-corrected chi connectivity index (χ1v) is 20.7. The van der Waals surface area contributed by atoms with Crippen LogP contribution in [0.5, 0.6) is 0 Å². The quantitative estimate of drug-likeness (QED) is 0.163. The molecule has 0 saturated heterocycles. The van der Waals surface area contributed by atoms with E-state index in [4.69, 9.17) is 0 Å². The third kappa shape index (κ3) is 4.83. The second kappa shape index (κ2) is 12.2. The van der Waals surface area contributed by atoms with Gasteiger partial charge in [0.1, 0.15) is 0 Å². The summed E-state index contributed by atoms with van der Waals surface area (Å²) in [5.41, 5.74) is 22.4. The van der Waals surface area contributed by atoms with Gasteiger partial charge in [-0.2, -0.15) is 0 Å². The molecule has 0 amide bonds. The van der Waals surface area contributed by atoms with Gasteiger partial charge in [-0.25, -0.2) is 0 Å². The molecule has 5 aliphatic rings. The van der Waals surface area contributed by atoms with Crippen molar-refractivity contribution in [1.29, 1.82) is 0 Å². The maximum absolute atomic E-state index is 2.69. The zero-order chi connectivity index (χ0) is 38.8. The number of rotatable bonds is 5. The van der Waals surface area contributed by atoms with E-state index >= 15 is 0 Å². The van der Waals surface area contributed by atoms with E-state index in [1.807, 2.05) is 0 Å². The Labute approximate surface area is 337 Å². The molecular weight excluding hydrogens is 689 g/mol. The maximum atomic E-state index is 2.69. The van der Waals surface area contributed by atoms with E-state index in [-0.39, 0.29) is 28.7 Å². The van der Waals surface area contributed by atoms with Gasteiger partial charge in [-0.05, 0) is 125 Å². The summed E-state index contributed by atoms with van der Waals surface area (Å²) in [6.45, 7) is 14.0. The molecule has 2 nitrogen and oxygen atoms in total. The average molecular weight is 737 g/mol. The number of nitrogens with zero attached hydrogens (tertiary/aromatic N) is 2. The summed E-state index contributed by atoms with van der Waals surface area (Å²) in [4.78, 5) is 5.15. The smallest absolute Gasteiger partial charge is 0.0748 e. The second-order valence-electron chi connectivity index (χ2n) is 17.7. The van der Waals surface area contributed by atoms with Crippen LogP contribution in [0, 0.1) is 19.8 Å². The zero-order valence-corrected chi connectivity index (χ0v) is 33.7.